The van der Waals surface area contributed by atoms with Gasteiger partial charge in [0.25, 0.3) is 0 Å². The molecule has 1 saturated heterocycles. The Kier molecular flexibility index (Phi) is 7.48. The number of nitrogens with zero attached hydrogens (tertiary/aromatic N) is 1. The number of rotatable bonds is 7. The number of aromatic nitrogens is 1. The Labute approximate surface area is 163 Å². The summed E-state index contributed by atoms with van der Waals surface area (Å²) in [5.74, 6) is 0.724. The highest BCUT2D eigenvalue weighted by Crippen LogP contribution is 2.23. The van der Waals surface area contributed by atoms with Crippen LogP contribution in [0.4, 0.5) is 0 Å². The van der Waals surface area contributed by atoms with Crippen LogP contribution in [0.1, 0.15) is 23.7 Å². The van der Waals surface area contributed by atoms with Crippen LogP contribution in [0, 0.1) is 5.41 Å². The number of carbonyl (C=O) groups excluding carboxylic acids is 1. The molecule has 2 heterocycles. The maximum absolute atomic E-state index is 11.7. The fourth-order valence-electron chi connectivity index (χ4n) is 2.57. The lowest BCUT2D eigenvalue weighted by Crippen LogP contribution is -2.25. The molecule has 2 aromatic rings. The zero-order chi connectivity index (χ0) is 17.6. The first-order chi connectivity index (χ1) is 12.1. The van der Waals surface area contributed by atoms with E-state index in [-0.39, 0.29) is 28.7 Å². The van der Waals surface area contributed by atoms with Crippen LogP contribution in [0.5, 0.6) is 5.75 Å². The van der Waals surface area contributed by atoms with Gasteiger partial charge in [0.05, 0.1) is 11.9 Å². The standard InChI is InChI=1S/C19H21N3O2S.ClH/c1-2-13-3-6-15(21-12-13)9-10-24-16-7-4-14(5-8-16)11-17-18(23)22-19(20)25-17;/h3-8,12,17H,2,9-11H2,1H3,(H2,20,22,23);1H. The molecule has 1 unspecified atom stereocenters. The maximum atomic E-state index is 11.7. The summed E-state index contributed by atoms with van der Waals surface area (Å²) in [6.45, 7) is 2.70. The molecule has 1 fully saturated rings. The minimum atomic E-state index is -0.212. The van der Waals surface area contributed by atoms with Gasteiger partial charge >= 0.3 is 0 Å². The minimum Gasteiger partial charge on any atom is -0.493 e. The fourth-order valence-corrected chi connectivity index (χ4v) is 3.46. The lowest BCUT2D eigenvalue weighted by Gasteiger charge is -2.09. The Morgan fingerprint density at radius 1 is 1.19 bits per heavy atom. The molecule has 1 aromatic carbocycles. The van der Waals surface area contributed by atoms with Crippen molar-refractivity contribution >= 4 is 35.2 Å². The molecule has 2 N–H and O–H groups in total. The Morgan fingerprint density at radius 2 is 1.92 bits per heavy atom. The second kappa shape index (κ2) is 9.59. The number of hydrogen-bond donors (Lipinski definition) is 2. The third kappa shape index (κ3) is 5.47. The van der Waals surface area contributed by atoms with Crippen molar-refractivity contribution in [1.29, 1.82) is 5.41 Å². The molecule has 0 saturated carbocycles. The molecular formula is C19H22ClN3O2S. The topological polar surface area (TPSA) is 75.1 Å². The van der Waals surface area contributed by atoms with E-state index in [0.717, 1.165) is 29.8 Å². The Morgan fingerprint density at radius 3 is 2.50 bits per heavy atom. The number of carbonyl (C=O) groups is 1. The third-order valence-corrected chi connectivity index (χ3v) is 5.06. The van der Waals surface area contributed by atoms with Gasteiger partial charge in [0.2, 0.25) is 5.91 Å². The Bertz CT molecular complexity index is 750. The van der Waals surface area contributed by atoms with E-state index in [4.69, 9.17) is 10.1 Å². The van der Waals surface area contributed by atoms with E-state index < -0.39 is 0 Å². The molecule has 7 heteroatoms. The molecule has 1 aliphatic heterocycles. The van der Waals surface area contributed by atoms with Gasteiger partial charge in [-0.2, -0.15) is 0 Å². The number of pyridine rings is 1. The first-order valence-electron chi connectivity index (χ1n) is 8.35. The van der Waals surface area contributed by atoms with Gasteiger partial charge in [-0.15, -0.1) is 12.4 Å². The van der Waals surface area contributed by atoms with E-state index >= 15 is 0 Å². The number of thioether (sulfide) groups is 1. The monoisotopic (exact) mass is 391 g/mol. The van der Waals surface area contributed by atoms with Gasteiger partial charge in [0, 0.05) is 18.3 Å². The molecule has 0 radical (unpaired) electrons. The lowest BCUT2D eigenvalue weighted by atomic mass is 10.1. The predicted molar refractivity (Wildman–Crippen MR) is 107 cm³/mol. The second-order valence-corrected chi connectivity index (χ2v) is 7.10. The van der Waals surface area contributed by atoms with E-state index in [1.807, 2.05) is 36.5 Å². The molecule has 1 amide bonds. The molecule has 0 aliphatic carbocycles. The van der Waals surface area contributed by atoms with Gasteiger partial charge in [0.15, 0.2) is 5.17 Å². The number of nitrogens with one attached hydrogen (secondary N) is 2. The SMILES string of the molecule is CCc1ccc(CCOc2ccc(CC3SC(=N)NC3=O)cc2)nc1.Cl. The summed E-state index contributed by atoms with van der Waals surface area (Å²) in [7, 11) is 0. The first kappa shape index (κ1) is 20.3. The van der Waals surface area contributed by atoms with Crippen molar-refractivity contribution in [2.75, 3.05) is 6.61 Å². The van der Waals surface area contributed by atoms with Crippen molar-refractivity contribution in [2.24, 2.45) is 0 Å². The highest BCUT2D eigenvalue weighted by molar-refractivity contribution is 8.15. The van der Waals surface area contributed by atoms with Gasteiger partial charge in [-0.3, -0.25) is 15.2 Å². The average molecular weight is 392 g/mol. The van der Waals surface area contributed by atoms with E-state index in [1.165, 1.54) is 17.3 Å². The molecule has 26 heavy (non-hydrogen) atoms. The summed E-state index contributed by atoms with van der Waals surface area (Å²) < 4.78 is 5.77. The van der Waals surface area contributed by atoms with Crippen LogP contribution in [0.3, 0.4) is 0 Å². The average Bonchev–Trinajstić information content (AvgIpc) is 2.94. The molecule has 0 spiro atoms. The van der Waals surface area contributed by atoms with Crippen molar-refractivity contribution in [3.05, 3.63) is 59.4 Å². The van der Waals surface area contributed by atoms with Crippen molar-refractivity contribution in [2.45, 2.75) is 31.4 Å². The summed E-state index contributed by atoms with van der Waals surface area (Å²) in [5, 5.41) is 10.0. The van der Waals surface area contributed by atoms with Crippen LogP contribution in [-0.2, 0) is 24.1 Å². The van der Waals surface area contributed by atoms with Gasteiger partial charge in [-0.25, -0.2) is 0 Å². The molecule has 1 aliphatic rings. The van der Waals surface area contributed by atoms with E-state index in [2.05, 4.69) is 23.3 Å². The number of amidine groups is 1. The summed E-state index contributed by atoms with van der Waals surface area (Å²) >= 11 is 1.27. The smallest absolute Gasteiger partial charge is 0.239 e. The molecule has 5 nitrogen and oxygen atoms in total. The molecule has 1 atom stereocenters. The normalized spacial score (nSPS) is 16.1. The van der Waals surface area contributed by atoms with Crippen LogP contribution in [-0.4, -0.2) is 27.9 Å². The van der Waals surface area contributed by atoms with Crippen LogP contribution in [0.25, 0.3) is 0 Å². The zero-order valence-electron chi connectivity index (χ0n) is 14.5. The third-order valence-electron chi connectivity index (χ3n) is 4.05. The van der Waals surface area contributed by atoms with Crippen LogP contribution in [0.2, 0.25) is 0 Å². The molecule has 138 valence electrons. The minimum absolute atomic E-state index is 0. The predicted octanol–water partition coefficient (Wildman–Crippen LogP) is 3.40. The summed E-state index contributed by atoms with van der Waals surface area (Å²) in [5.41, 5.74) is 3.33. The summed E-state index contributed by atoms with van der Waals surface area (Å²) in [6.07, 6.45) is 4.30. The van der Waals surface area contributed by atoms with E-state index in [0.29, 0.717) is 13.0 Å². The highest BCUT2D eigenvalue weighted by Gasteiger charge is 2.29. The number of hydrogen-bond acceptors (Lipinski definition) is 5. The van der Waals surface area contributed by atoms with Gasteiger partial charge in [0.1, 0.15) is 5.75 Å². The number of amides is 1. The summed E-state index contributed by atoms with van der Waals surface area (Å²) in [6, 6.07) is 11.9. The Balaban J connectivity index is 0.00000243. The fraction of sp³-hybridized carbons (Fsp3) is 0.316. The number of aryl methyl sites for hydroxylation is 1. The number of ether oxygens (including phenoxy) is 1. The van der Waals surface area contributed by atoms with Gasteiger partial charge in [-0.1, -0.05) is 36.9 Å². The molecule has 0 bridgehead atoms. The maximum Gasteiger partial charge on any atom is 0.239 e. The second-order valence-electron chi connectivity index (χ2n) is 5.88. The highest BCUT2D eigenvalue weighted by atomic mass is 35.5. The first-order valence-corrected chi connectivity index (χ1v) is 9.23. The molecule has 1 aromatic heterocycles. The number of benzene rings is 1. The van der Waals surface area contributed by atoms with Crippen molar-refractivity contribution in [3.63, 3.8) is 0 Å². The van der Waals surface area contributed by atoms with Crippen molar-refractivity contribution in [3.8, 4) is 5.75 Å². The van der Waals surface area contributed by atoms with Crippen LogP contribution < -0.4 is 10.1 Å². The quantitative estimate of drug-likeness (QED) is 0.758. The van der Waals surface area contributed by atoms with Gasteiger partial charge < -0.3 is 10.1 Å². The summed E-state index contributed by atoms with van der Waals surface area (Å²) in [4.78, 5) is 16.1. The lowest BCUT2D eigenvalue weighted by molar-refractivity contribution is -0.118. The zero-order valence-corrected chi connectivity index (χ0v) is 16.2. The van der Waals surface area contributed by atoms with Crippen molar-refractivity contribution < 1.29 is 9.53 Å². The van der Waals surface area contributed by atoms with Crippen LogP contribution >= 0.6 is 24.2 Å². The molecular weight excluding hydrogens is 370 g/mol. The van der Waals surface area contributed by atoms with Crippen molar-refractivity contribution in [1.82, 2.24) is 10.3 Å². The van der Waals surface area contributed by atoms with Crippen LogP contribution in [0.15, 0.2) is 42.6 Å². The van der Waals surface area contributed by atoms with E-state index in [1.54, 1.807) is 0 Å². The Hall–Kier alpha value is -2.05. The van der Waals surface area contributed by atoms with Gasteiger partial charge in [-0.05, 0) is 42.2 Å². The number of halogens is 1. The molecule has 3 rings (SSSR count). The largest absolute Gasteiger partial charge is 0.493 e. The van der Waals surface area contributed by atoms with E-state index in [9.17, 15) is 4.79 Å².